The van der Waals surface area contributed by atoms with Gasteiger partial charge >= 0.3 is 5.97 Å². The van der Waals surface area contributed by atoms with Crippen molar-refractivity contribution in [3.63, 3.8) is 0 Å². The topological polar surface area (TPSA) is 69.6 Å². The number of nitrogens with zero attached hydrogens (tertiary/aromatic N) is 1. The van der Waals surface area contributed by atoms with E-state index >= 15 is 0 Å². The van der Waals surface area contributed by atoms with Crippen LogP contribution in [0.4, 0.5) is 0 Å². The van der Waals surface area contributed by atoms with Gasteiger partial charge in [-0.1, -0.05) is 56.0 Å². The van der Waals surface area contributed by atoms with E-state index in [2.05, 4.69) is 17.4 Å². The van der Waals surface area contributed by atoms with Gasteiger partial charge < -0.3 is 10.4 Å². The maximum Gasteiger partial charge on any atom is 0.320 e. The second-order valence-corrected chi connectivity index (χ2v) is 8.87. The fourth-order valence-electron chi connectivity index (χ4n) is 5.83. The van der Waals surface area contributed by atoms with E-state index in [0.29, 0.717) is 18.3 Å². The van der Waals surface area contributed by atoms with E-state index in [0.717, 1.165) is 37.7 Å². The molecule has 0 radical (unpaired) electrons. The minimum absolute atomic E-state index is 0.0294. The predicted molar refractivity (Wildman–Crippen MR) is 108 cm³/mol. The summed E-state index contributed by atoms with van der Waals surface area (Å²) >= 11 is 0. The molecule has 2 aliphatic carbocycles. The lowest BCUT2D eigenvalue weighted by Gasteiger charge is -2.33. The molecule has 2 N–H and O–H groups in total. The summed E-state index contributed by atoms with van der Waals surface area (Å²) in [5.74, 6) is 0.0980. The molecule has 5 heteroatoms. The molecule has 4 atom stereocenters. The van der Waals surface area contributed by atoms with E-state index < -0.39 is 12.0 Å². The van der Waals surface area contributed by atoms with Gasteiger partial charge in [0.25, 0.3) is 0 Å². The van der Waals surface area contributed by atoms with Crippen molar-refractivity contribution in [2.75, 3.05) is 6.54 Å². The number of carbonyl (C=O) groups is 2. The van der Waals surface area contributed by atoms with Crippen LogP contribution in [0.2, 0.25) is 0 Å². The van der Waals surface area contributed by atoms with Crippen molar-refractivity contribution >= 4 is 11.9 Å². The molecular formula is C23H32N2O3. The molecule has 1 saturated heterocycles. The molecule has 4 unspecified atom stereocenters. The minimum atomic E-state index is -0.780. The first kappa shape index (κ1) is 19.4. The average molecular weight is 385 g/mol. The van der Waals surface area contributed by atoms with Gasteiger partial charge in [-0.05, 0) is 49.5 Å². The van der Waals surface area contributed by atoms with Gasteiger partial charge in [-0.3, -0.25) is 14.5 Å². The number of benzene rings is 1. The van der Waals surface area contributed by atoms with E-state index in [1.54, 1.807) is 0 Å². The predicted octanol–water partition coefficient (Wildman–Crippen LogP) is 3.75. The molecule has 0 aromatic heterocycles. The Kier molecular flexibility index (Phi) is 6.00. The number of aliphatic carboxylic acids is 1. The van der Waals surface area contributed by atoms with E-state index in [-0.39, 0.29) is 24.5 Å². The Balaban J connectivity index is 1.47. The summed E-state index contributed by atoms with van der Waals surface area (Å²) in [5, 5.41) is 13.0. The molecule has 3 fully saturated rings. The number of hydrogen-bond acceptors (Lipinski definition) is 3. The fraction of sp³-hybridized carbons (Fsp3) is 0.652. The number of rotatable bonds is 6. The first-order chi connectivity index (χ1) is 13.6. The van der Waals surface area contributed by atoms with Crippen LogP contribution in [0.5, 0.6) is 0 Å². The number of fused-ring (bicyclic) bond motifs is 1. The molecule has 1 aliphatic heterocycles. The Morgan fingerprint density at radius 1 is 1.04 bits per heavy atom. The minimum Gasteiger partial charge on any atom is -0.480 e. The maximum atomic E-state index is 13.0. The maximum absolute atomic E-state index is 13.0. The molecule has 3 aliphatic rings. The van der Waals surface area contributed by atoms with Crippen LogP contribution >= 0.6 is 0 Å². The third-order valence-corrected chi connectivity index (χ3v) is 7.18. The normalized spacial score (nSPS) is 29.4. The summed E-state index contributed by atoms with van der Waals surface area (Å²) in [6.45, 7) is 0.203. The highest BCUT2D eigenvalue weighted by Gasteiger charge is 2.46. The summed E-state index contributed by atoms with van der Waals surface area (Å²) in [6, 6.07) is 10.0. The Labute approximate surface area is 167 Å². The monoisotopic (exact) mass is 384 g/mol. The van der Waals surface area contributed by atoms with Gasteiger partial charge in [0.15, 0.2) is 0 Å². The highest BCUT2D eigenvalue weighted by molar-refractivity contribution is 5.80. The second kappa shape index (κ2) is 8.64. The number of hydrogen-bond donors (Lipinski definition) is 2. The fourth-order valence-corrected chi connectivity index (χ4v) is 5.83. The van der Waals surface area contributed by atoms with Crippen LogP contribution in [0, 0.1) is 11.8 Å². The Morgan fingerprint density at radius 2 is 1.71 bits per heavy atom. The van der Waals surface area contributed by atoms with Crippen LogP contribution in [0.15, 0.2) is 30.3 Å². The van der Waals surface area contributed by atoms with Gasteiger partial charge in [0.1, 0.15) is 6.04 Å². The molecule has 1 aromatic rings. The summed E-state index contributed by atoms with van der Waals surface area (Å²) in [4.78, 5) is 26.8. The largest absolute Gasteiger partial charge is 0.480 e. The lowest BCUT2D eigenvalue weighted by atomic mass is 9.85. The van der Waals surface area contributed by atoms with Crippen LogP contribution in [-0.4, -0.2) is 40.5 Å². The second-order valence-electron chi connectivity index (χ2n) is 8.87. The molecule has 1 heterocycles. The molecule has 28 heavy (non-hydrogen) atoms. The van der Waals surface area contributed by atoms with Crippen LogP contribution in [-0.2, 0) is 9.59 Å². The van der Waals surface area contributed by atoms with E-state index in [1.165, 1.54) is 19.3 Å². The zero-order chi connectivity index (χ0) is 19.5. The first-order valence-corrected chi connectivity index (χ1v) is 11.0. The van der Waals surface area contributed by atoms with Crippen LogP contribution in [0.1, 0.15) is 69.4 Å². The van der Waals surface area contributed by atoms with Gasteiger partial charge in [-0.25, -0.2) is 0 Å². The summed E-state index contributed by atoms with van der Waals surface area (Å²) < 4.78 is 0. The number of carboxylic acid groups (broad SMARTS) is 1. The van der Waals surface area contributed by atoms with Crippen molar-refractivity contribution in [3.8, 4) is 0 Å². The highest BCUT2D eigenvalue weighted by atomic mass is 16.4. The third kappa shape index (κ3) is 4.09. The van der Waals surface area contributed by atoms with Gasteiger partial charge in [0.05, 0.1) is 12.6 Å². The smallest absolute Gasteiger partial charge is 0.320 e. The molecule has 2 saturated carbocycles. The molecule has 0 bridgehead atoms. The number of amides is 1. The molecule has 5 nitrogen and oxygen atoms in total. The van der Waals surface area contributed by atoms with E-state index in [1.807, 2.05) is 23.1 Å². The molecule has 4 rings (SSSR count). The third-order valence-electron chi connectivity index (χ3n) is 7.18. The van der Waals surface area contributed by atoms with Crippen molar-refractivity contribution in [2.45, 2.75) is 75.9 Å². The molecule has 1 amide bonds. The van der Waals surface area contributed by atoms with Gasteiger partial charge in [0.2, 0.25) is 5.91 Å². The number of carbonyl (C=O) groups excluding carboxylic acids is 1. The van der Waals surface area contributed by atoms with E-state index in [4.69, 9.17) is 0 Å². The lowest BCUT2D eigenvalue weighted by molar-refractivity contribution is -0.143. The Bertz CT molecular complexity index is 686. The molecule has 1 aromatic carbocycles. The van der Waals surface area contributed by atoms with Crippen LogP contribution in [0.3, 0.4) is 0 Å². The van der Waals surface area contributed by atoms with Crippen LogP contribution < -0.4 is 5.32 Å². The van der Waals surface area contributed by atoms with Gasteiger partial charge in [0, 0.05) is 6.04 Å². The standard InChI is InChI=1S/C23H32N2O3/c26-21(15-25-19-13-7-6-12-18(19)14-20(25)23(27)28)24-22(17-10-4-5-11-17)16-8-2-1-3-9-16/h1-3,8-9,17-20,22H,4-7,10-15H2,(H,24,26)(H,27,28). The summed E-state index contributed by atoms with van der Waals surface area (Å²) in [5.41, 5.74) is 1.16. The summed E-state index contributed by atoms with van der Waals surface area (Å²) in [6.07, 6.45) is 9.87. The van der Waals surface area contributed by atoms with Crippen molar-refractivity contribution in [1.82, 2.24) is 10.2 Å². The zero-order valence-electron chi connectivity index (χ0n) is 16.6. The quantitative estimate of drug-likeness (QED) is 0.784. The molecule has 152 valence electrons. The SMILES string of the molecule is O=C(CN1C(C(=O)O)CC2CCCCC21)NC(c1ccccc1)C1CCCC1. The highest BCUT2D eigenvalue weighted by Crippen LogP contribution is 2.40. The van der Waals surface area contributed by atoms with Crippen molar-refractivity contribution in [1.29, 1.82) is 0 Å². The van der Waals surface area contributed by atoms with Gasteiger partial charge in [-0.2, -0.15) is 0 Å². The average Bonchev–Trinajstić information content (AvgIpc) is 3.35. The zero-order valence-corrected chi connectivity index (χ0v) is 16.6. The van der Waals surface area contributed by atoms with Crippen molar-refractivity contribution < 1.29 is 14.7 Å². The van der Waals surface area contributed by atoms with Crippen molar-refractivity contribution in [2.24, 2.45) is 11.8 Å². The number of likely N-dealkylation sites (tertiary alicyclic amines) is 1. The molecule has 0 spiro atoms. The van der Waals surface area contributed by atoms with Crippen molar-refractivity contribution in [3.05, 3.63) is 35.9 Å². The van der Waals surface area contributed by atoms with Gasteiger partial charge in [-0.15, -0.1) is 0 Å². The van der Waals surface area contributed by atoms with Crippen LogP contribution in [0.25, 0.3) is 0 Å². The van der Waals surface area contributed by atoms with E-state index in [9.17, 15) is 14.7 Å². The Morgan fingerprint density at radius 3 is 2.43 bits per heavy atom. The number of carboxylic acids is 1. The molecular weight excluding hydrogens is 352 g/mol. The lowest BCUT2D eigenvalue weighted by Crippen LogP contribution is -2.48. The number of nitrogens with one attached hydrogen (secondary N) is 1. The Hall–Kier alpha value is -1.88. The summed E-state index contributed by atoms with van der Waals surface area (Å²) in [7, 11) is 0. The first-order valence-electron chi connectivity index (χ1n) is 11.0.